The third kappa shape index (κ3) is 4.90. The van der Waals surface area contributed by atoms with Crippen LogP contribution in [-0.4, -0.2) is 26.6 Å². The summed E-state index contributed by atoms with van der Waals surface area (Å²) in [5, 5.41) is 2.88. The Morgan fingerprint density at radius 3 is 2.36 bits per heavy atom. The summed E-state index contributed by atoms with van der Waals surface area (Å²) in [4.78, 5) is 13.0. The Bertz CT molecular complexity index is 960. The minimum Gasteiger partial charge on any atom is -0.348 e. The number of anilines is 1. The van der Waals surface area contributed by atoms with Gasteiger partial charge in [0.1, 0.15) is 11.9 Å². The van der Waals surface area contributed by atoms with Crippen molar-refractivity contribution in [1.29, 1.82) is 0 Å². The van der Waals surface area contributed by atoms with Crippen LogP contribution in [0.2, 0.25) is 0 Å². The quantitative estimate of drug-likeness (QED) is 0.759. The van der Waals surface area contributed by atoms with Crippen molar-refractivity contribution >= 4 is 21.6 Å². The van der Waals surface area contributed by atoms with Crippen molar-refractivity contribution in [2.45, 2.75) is 46.2 Å². The third-order valence-corrected chi connectivity index (χ3v) is 5.84. The molecule has 0 aliphatic heterocycles. The van der Waals surface area contributed by atoms with Gasteiger partial charge in [-0.25, -0.2) is 12.8 Å². The molecule has 2 rings (SSSR count). The fourth-order valence-electron chi connectivity index (χ4n) is 3.36. The number of hydrogen-bond donors (Lipinski definition) is 1. The largest absolute Gasteiger partial charge is 0.348 e. The third-order valence-electron chi connectivity index (χ3n) is 4.67. The Kier molecular flexibility index (Phi) is 6.82. The maximum atomic E-state index is 14.3. The highest BCUT2D eigenvalue weighted by molar-refractivity contribution is 7.92. The van der Waals surface area contributed by atoms with Gasteiger partial charge < -0.3 is 5.32 Å². The van der Waals surface area contributed by atoms with E-state index in [4.69, 9.17) is 0 Å². The van der Waals surface area contributed by atoms with E-state index in [1.54, 1.807) is 13.0 Å². The first-order chi connectivity index (χ1) is 13.1. The first kappa shape index (κ1) is 21.9. The van der Waals surface area contributed by atoms with E-state index >= 15 is 0 Å². The van der Waals surface area contributed by atoms with E-state index in [0.717, 1.165) is 27.3 Å². The van der Waals surface area contributed by atoms with Crippen molar-refractivity contribution in [3.8, 4) is 0 Å². The monoisotopic (exact) mass is 406 g/mol. The van der Waals surface area contributed by atoms with Gasteiger partial charge in [0.15, 0.2) is 0 Å². The lowest BCUT2D eigenvalue weighted by molar-refractivity contribution is -0.122. The van der Waals surface area contributed by atoms with Crippen LogP contribution in [0.15, 0.2) is 42.5 Å². The lowest BCUT2D eigenvalue weighted by Crippen LogP contribution is -2.50. The highest BCUT2D eigenvalue weighted by atomic mass is 32.2. The Labute approximate surface area is 166 Å². The van der Waals surface area contributed by atoms with Crippen LogP contribution in [0, 0.1) is 19.7 Å². The molecular formula is C21H27FN2O3S. The summed E-state index contributed by atoms with van der Waals surface area (Å²) in [6.07, 6.45) is 1.18. The summed E-state index contributed by atoms with van der Waals surface area (Å²) in [5.74, 6) is -1.16. The van der Waals surface area contributed by atoms with Crippen molar-refractivity contribution < 1.29 is 17.6 Å². The maximum absolute atomic E-state index is 14.3. The molecule has 0 aliphatic carbocycles. The molecule has 0 unspecified atom stereocenters. The zero-order valence-electron chi connectivity index (χ0n) is 16.9. The molecule has 0 radical (unpaired) electrons. The number of halogens is 1. The molecular weight excluding hydrogens is 379 g/mol. The topological polar surface area (TPSA) is 66.5 Å². The molecule has 0 bridgehead atoms. The number of rotatable bonds is 7. The van der Waals surface area contributed by atoms with E-state index in [2.05, 4.69) is 5.32 Å². The summed E-state index contributed by atoms with van der Waals surface area (Å²) in [6.45, 7) is 7.50. The molecule has 2 aromatic rings. The van der Waals surface area contributed by atoms with Gasteiger partial charge in [0.25, 0.3) is 0 Å². The molecule has 28 heavy (non-hydrogen) atoms. The number of nitrogens with zero attached hydrogens (tertiary/aromatic N) is 1. The van der Waals surface area contributed by atoms with E-state index < -0.39 is 27.8 Å². The van der Waals surface area contributed by atoms with Crippen molar-refractivity contribution in [2.75, 3.05) is 10.6 Å². The van der Waals surface area contributed by atoms with Crippen LogP contribution in [0.4, 0.5) is 10.1 Å². The number of nitrogens with one attached hydrogen (secondary N) is 1. The molecule has 0 saturated carbocycles. The van der Waals surface area contributed by atoms with Crippen molar-refractivity contribution in [2.24, 2.45) is 0 Å². The van der Waals surface area contributed by atoms with Gasteiger partial charge in [-0.2, -0.15) is 0 Å². The second-order valence-corrected chi connectivity index (χ2v) is 8.88. The molecule has 0 heterocycles. The van der Waals surface area contributed by atoms with Crippen molar-refractivity contribution in [3.63, 3.8) is 0 Å². The van der Waals surface area contributed by atoms with Gasteiger partial charge in [-0.1, -0.05) is 42.8 Å². The molecule has 0 aromatic heterocycles. The number of carbonyl (C=O) groups excluding carboxylic acids is 1. The highest BCUT2D eigenvalue weighted by Crippen LogP contribution is 2.26. The van der Waals surface area contributed by atoms with E-state index in [9.17, 15) is 17.6 Å². The normalized spacial score (nSPS) is 13.6. The van der Waals surface area contributed by atoms with E-state index in [1.165, 1.54) is 18.2 Å². The zero-order valence-corrected chi connectivity index (χ0v) is 17.7. The Morgan fingerprint density at radius 2 is 1.82 bits per heavy atom. The fraction of sp³-hybridized carbons (Fsp3) is 0.381. The molecule has 0 aliphatic rings. The molecule has 1 N–H and O–H groups in total. The Morgan fingerprint density at radius 1 is 1.18 bits per heavy atom. The number of benzene rings is 2. The van der Waals surface area contributed by atoms with Gasteiger partial charge in [-0.05, 0) is 50.5 Å². The molecule has 5 nitrogen and oxygen atoms in total. The van der Waals surface area contributed by atoms with Crippen LogP contribution >= 0.6 is 0 Å². The number of sulfonamides is 1. The van der Waals surface area contributed by atoms with Crippen LogP contribution in [0.1, 0.15) is 43.0 Å². The van der Waals surface area contributed by atoms with E-state index in [-0.39, 0.29) is 18.2 Å². The first-order valence-electron chi connectivity index (χ1n) is 9.17. The lowest BCUT2D eigenvalue weighted by Gasteiger charge is -2.31. The summed E-state index contributed by atoms with van der Waals surface area (Å²) >= 11 is 0. The molecule has 152 valence electrons. The smallest absolute Gasteiger partial charge is 0.244 e. The predicted octanol–water partition coefficient (Wildman–Crippen LogP) is 3.86. The number of hydrogen-bond acceptors (Lipinski definition) is 3. The van der Waals surface area contributed by atoms with Crippen molar-refractivity contribution in [3.05, 3.63) is 65.0 Å². The van der Waals surface area contributed by atoms with E-state index in [1.807, 2.05) is 39.0 Å². The number of amides is 1. The molecule has 7 heteroatoms. The second kappa shape index (κ2) is 8.73. The molecule has 0 spiro atoms. The van der Waals surface area contributed by atoms with Crippen LogP contribution in [0.3, 0.4) is 0 Å². The van der Waals surface area contributed by atoms with Gasteiger partial charge in [0.05, 0.1) is 18.0 Å². The highest BCUT2D eigenvalue weighted by Gasteiger charge is 2.33. The van der Waals surface area contributed by atoms with Crippen LogP contribution in [-0.2, 0) is 14.8 Å². The number of carbonyl (C=O) groups is 1. The molecule has 0 fully saturated rings. The molecule has 1 amide bonds. The number of aryl methyl sites for hydroxylation is 2. The predicted molar refractivity (Wildman–Crippen MR) is 110 cm³/mol. The standard InChI is InChI=1S/C21H27FN2O3S/c1-6-19(24(28(5,26)27)20-10-8-7-9-18(20)22)21(25)23-16(4)17-12-11-14(2)13-15(17)3/h7-13,16,19H,6H2,1-5H3,(H,23,25)/t16-,19-/m0/s1. The molecule has 0 saturated heterocycles. The Balaban J connectivity index is 2.35. The van der Waals surface area contributed by atoms with E-state index in [0.29, 0.717) is 0 Å². The van der Waals surface area contributed by atoms with Crippen molar-refractivity contribution in [1.82, 2.24) is 5.32 Å². The Hall–Kier alpha value is -2.41. The van der Waals surface area contributed by atoms with Crippen LogP contribution in [0.5, 0.6) is 0 Å². The second-order valence-electron chi connectivity index (χ2n) is 7.02. The molecule has 2 atom stereocenters. The minimum absolute atomic E-state index is 0.133. The van der Waals surface area contributed by atoms with Gasteiger partial charge in [-0.3, -0.25) is 9.10 Å². The summed E-state index contributed by atoms with van der Waals surface area (Å²) in [6, 6.07) is 10.1. The van der Waals surface area contributed by atoms with Crippen LogP contribution < -0.4 is 9.62 Å². The summed E-state index contributed by atoms with van der Waals surface area (Å²) < 4.78 is 40.0. The average molecular weight is 407 g/mol. The SMILES string of the molecule is CC[C@@H](C(=O)N[C@@H](C)c1ccc(C)cc1C)N(c1ccccc1F)S(C)(=O)=O. The van der Waals surface area contributed by atoms with Gasteiger partial charge >= 0.3 is 0 Å². The van der Waals surface area contributed by atoms with Gasteiger partial charge in [0, 0.05) is 0 Å². The summed E-state index contributed by atoms with van der Waals surface area (Å²) in [7, 11) is -3.88. The lowest BCUT2D eigenvalue weighted by atomic mass is 10.00. The van der Waals surface area contributed by atoms with Gasteiger partial charge in [-0.15, -0.1) is 0 Å². The molecule has 2 aromatic carbocycles. The summed E-state index contributed by atoms with van der Waals surface area (Å²) in [5.41, 5.74) is 2.97. The average Bonchev–Trinajstić information content (AvgIpc) is 2.59. The first-order valence-corrected chi connectivity index (χ1v) is 11.0. The maximum Gasteiger partial charge on any atom is 0.244 e. The van der Waals surface area contributed by atoms with Gasteiger partial charge in [0.2, 0.25) is 15.9 Å². The fourth-order valence-corrected chi connectivity index (χ4v) is 4.58. The number of para-hydroxylation sites is 1. The van der Waals surface area contributed by atoms with Crippen LogP contribution in [0.25, 0.3) is 0 Å². The minimum atomic E-state index is -3.88. The zero-order chi connectivity index (χ0) is 21.1.